The van der Waals surface area contributed by atoms with Crippen LogP contribution in [0.25, 0.3) is 11.0 Å². The van der Waals surface area contributed by atoms with Gasteiger partial charge in [0.15, 0.2) is 0 Å². The average Bonchev–Trinajstić information content (AvgIpc) is 2.97. The normalized spacial score (nSPS) is 25.3. The van der Waals surface area contributed by atoms with E-state index < -0.39 is 0 Å². The quantitative estimate of drug-likeness (QED) is 0.922. The van der Waals surface area contributed by atoms with Crippen LogP contribution in [0.1, 0.15) is 45.4 Å². The first-order chi connectivity index (χ1) is 10.2. The maximum absolute atomic E-state index is 6.08. The fourth-order valence-corrected chi connectivity index (χ4v) is 3.39. The molecule has 0 amide bonds. The van der Waals surface area contributed by atoms with Crippen molar-refractivity contribution in [1.29, 1.82) is 0 Å². The van der Waals surface area contributed by atoms with Gasteiger partial charge in [0, 0.05) is 30.6 Å². The smallest absolute Gasteiger partial charge is 0.134 e. The third kappa shape index (κ3) is 2.85. The molecule has 1 aliphatic rings. The highest BCUT2D eigenvalue weighted by atomic mass is 16.3. The summed E-state index contributed by atoms with van der Waals surface area (Å²) in [5.74, 6) is 1.09. The third-order valence-electron chi connectivity index (χ3n) is 4.86. The summed E-state index contributed by atoms with van der Waals surface area (Å²) in [6.45, 7) is 9.00. The topological polar surface area (TPSA) is 28.4 Å². The molecule has 3 atom stereocenters. The Hall–Kier alpha value is -1.32. The Labute approximate surface area is 127 Å². The molecule has 3 unspecified atom stereocenters. The number of fused-ring (bicyclic) bond motifs is 1. The van der Waals surface area contributed by atoms with Crippen molar-refractivity contribution in [2.24, 2.45) is 0 Å². The minimum absolute atomic E-state index is 0.332. The zero-order valence-electron chi connectivity index (χ0n) is 13.3. The van der Waals surface area contributed by atoms with Gasteiger partial charge in [-0.2, -0.15) is 0 Å². The van der Waals surface area contributed by atoms with Gasteiger partial charge >= 0.3 is 0 Å². The summed E-state index contributed by atoms with van der Waals surface area (Å²) in [4.78, 5) is 2.61. The monoisotopic (exact) mass is 286 g/mol. The van der Waals surface area contributed by atoms with E-state index >= 15 is 0 Å². The maximum Gasteiger partial charge on any atom is 0.134 e. The Bertz CT molecular complexity index is 559. The lowest BCUT2D eigenvalue weighted by atomic mass is 10.0. The Kier molecular flexibility index (Phi) is 4.32. The molecule has 0 spiro atoms. The minimum atomic E-state index is 0.332. The van der Waals surface area contributed by atoms with Gasteiger partial charge in [-0.1, -0.05) is 32.0 Å². The molecule has 3 heteroatoms. The standard InChI is InChI=1S/C18H26N2O/c1-4-15-12-20(16(5-2)11-19-15)13(3)18-10-14-8-6-7-9-17(14)21-18/h6-10,13,15-16,19H,4-5,11-12H2,1-3H3. The lowest BCUT2D eigenvalue weighted by Gasteiger charge is -2.42. The second kappa shape index (κ2) is 6.20. The van der Waals surface area contributed by atoms with Crippen molar-refractivity contribution >= 4 is 11.0 Å². The lowest BCUT2D eigenvalue weighted by molar-refractivity contribution is 0.0758. The average molecular weight is 286 g/mol. The van der Waals surface area contributed by atoms with Crippen molar-refractivity contribution in [2.75, 3.05) is 13.1 Å². The van der Waals surface area contributed by atoms with Gasteiger partial charge in [0.1, 0.15) is 11.3 Å². The molecule has 2 heterocycles. The number of benzene rings is 1. The highest BCUT2D eigenvalue weighted by Gasteiger charge is 2.31. The molecule has 1 aliphatic heterocycles. The predicted molar refractivity (Wildman–Crippen MR) is 87.5 cm³/mol. The van der Waals surface area contributed by atoms with Crippen molar-refractivity contribution < 1.29 is 4.42 Å². The Balaban J connectivity index is 1.85. The van der Waals surface area contributed by atoms with Crippen molar-refractivity contribution in [3.63, 3.8) is 0 Å². The number of piperazine rings is 1. The second-order valence-electron chi connectivity index (χ2n) is 6.13. The van der Waals surface area contributed by atoms with Crippen LogP contribution < -0.4 is 5.32 Å². The zero-order valence-corrected chi connectivity index (χ0v) is 13.3. The van der Waals surface area contributed by atoms with E-state index in [1.54, 1.807) is 0 Å². The third-order valence-corrected chi connectivity index (χ3v) is 4.86. The zero-order chi connectivity index (χ0) is 14.8. The predicted octanol–water partition coefficient (Wildman–Crippen LogP) is 3.96. The van der Waals surface area contributed by atoms with Crippen LogP contribution in [0.15, 0.2) is 34.7 Å². The fraction of sp³-hybridized carbons (Fsp3) is 0.556. The van der Waals surface area contributed by atoms with Gasteiger partial charge in [0.2, 0.25) is 0 Å². The fourth-order valence-electron chi connectivity index (χ4n) is 3.39. The minimum Gasteiger partial charge on any atom is -0.459 e. The first kappa shape index (κ1) is 14.6. The first-order valence-corrected chi connectivity index (χ1v) is 8.20. The van der Waals surface area contributed by atoms with E-state index in [9.17, 15) is 0 Å². The largest absolute Gasteiger partial charge is 0.459 e. The van der Waals surface area contributed by atoms with Crippen molar-refractivity contribution in [3.05, 3.63) is 36.1 Å². The highest BCUT2D eigenvalue weighted by Crippen LogP contribution is 2.30. The molecular formula is C18H26N2O. The molecule has 21 heavy (non-hydrogen) atoms. The molecule has 3 rings (SSSR count). The molecule has 1 aromatic carbocycles. The summed E-state index contributed by atoms with van der Waals surface area (Å²) in [5, 5.41) is 4.86. The number of hydrogen-bond donors (Lipinski definition) is 1. The summed E-state index contributed by atoms with van der Waals surface area (Å²) in [6, 6.07) is 12.0. The molecular weight excluding hydrogens is 260 g/mol. The van der Waals surface area contributed by atoms with Crippen molar-refractivity contribution in [1.82, 2.24) is 10.2 Å². The van der Waals surface area contributed by atoms with Crippen LogP contribution in [0.2, 0.25) is 0 Å². The molecule has 1 aromatic heterocycles. The van der Waals surface area contributed by atoms with Gasteiger partial charge in [-0.15, -0.1) is 0 Å². The number of rotatable bonds is 4. The van der Waals surface area contributed by atoms with Crippen molar-refractivity contribution in [3.8, 4) is 0 Å². The summed E-state index contributed by atoms with van der Waals surface area (Å²) >= 11 is 0. The number of furan rings is 1. The van der Waals surface area contributed by atoms with Crippen LogP contribution in [0.3, 0.4) is 0 Å². The number of hydrogen-bond acceptors (Lipinski definition) is 3. The number of para-hydroxylation sites is 1. The van der Waals surface area contributed by atoms with Gasteiger partial charge in [0.25, 0.3) is 0 Å². The molecule has 1 N–H and O–H groups in total. The van der Waals surface area contributed by atoms with Crippen LogP contribution in [-0.2, 0) is 0 Å². The molecule has 1 fully saturated rings. The number of nitrogens with zero attached hydrogens (tertiary/aromatic N) is 1. The molecule has 114 valence electrons. The summed E-state index contributed by atoms with van der Waals surface area (Å²) in [6.07, 6.45) is 2.35. The van der Waals surface area contributed by atoms with Gasteiger partial charge < -0.3 is 9.73 Å². The van der Waals surface area contributed by atoms with E-state index in [1.165, 1.54) is 18.2 Å². The van der Waals surface area contributed by atoms with Gasteiger partial charge in [-0.05, 0) is 31.9 Å². The SMILES string of the molecule is CCC1CN(C(C)c2cc3ccccc3o2)C(CC)CN1. The summed E-state index contributed by atoms with van der Waals surface area (Å²) in [7, 11) is 0. The van der Waals surface area contributed by atoms with Gasteiger partial charge in [0.05, 0.1) is 6.04 Å². The first-order valence-electron chi connectivity index (χ1n) is 8.20. The molecule has 0 saturated carbocycles. The Morgan fingerprint density at radius 2 is 2.10 bits per heavy atom. The van der Waals surface area contributed by atoms with Crippen LogP contribution in [-0.4, -0.2) is 30.1 Å². The Morgan fingerprint density at radius 1 is 1.29 bits per heavy atom. The molecule has 1 saturated heterocycles. The van der Waals surface area contributed by atoms with Gasteiger partial charge in [-0.25, -0.2) is 0 Å². The van der Waals surface area contributed by atoms with E-state index in [4.69, 9.17) is 4.42 Å². The highest BCUT2D eigenvalue weighted by molar-refractivity contribution is 5.77. The second-order valence-corrected chi connectivity index (χ2v) is 6.13. The van der Waals surface area contributed by atoms with E-state index in [0.29, 0.717) is 18.1 Å². The molecule has 0 bridgehead atoms. The summed E-state index contributed by atoms with van der Waals surface area (Å²) < 4.78 is 6.08. The molecule has 0 aliphatic carbocycles. The number of nitrogens with one attached hydrogen (secondary N) is 1. The van der Waals surface area contributed by atoms with Crippen LogP contribution >= 0.6 is 0 Å². The Morgan fingerprint density at radius 3 is 2.81 bits per heavy atom. The van der Waals surface area contributed by atoms with Crippen LogP contribution in [0, 0.1) is 0 Å². The van der Waals surface area contributed by atoms with Crippen LogP contribution in [0.5, 0.6) is 0 Å². The van der Waals surface area contributed by atoms with E-state index in [2.05, 4.69) is 55.3 Å². The van der Waals surface area contributed by atoms with E-state index in [1.807, 2.05) is 6.07 Å². The van der Waals surface area contributed by atoms with Gasteiger partial charge in [-0.3, -0.25) is 4.90 Å². The molecule has 2 aromatic rings. The van der Waals surface area contributed by atoms with Crippen molar-refractivity contribution in [2.45, 2.75) is 51.7 Å². The molecule has 0 radical (unpaired) electrons. The maximum atomic E-state index is 6.08. The summed E-state index contributed by atoms with van der Waals surface area (Å²) in [5.41, 5.74) is 0.995. The van der Waals surface area contributed by atoms with E-state index in [0.717, 1.165) is 24.4 Å². The van der Waals surface area contributed by atoms with E-state index in [-0.39, 0.29) is 0 Å². The van der Waals surface area contributed by atoms with Crippen LogP contribution in [0.4, 0.5) is 0 Å². The lowest BCUT2D eigenvalue weighted by Crippen LogP contribution is -2.56. The molecule has 3 nitrogen and oxygen atoms in total.